The monoisotopic (exact) mass is 239 g/mol. The predicted octanol–water partition coefficient (Wildman–Crippen LogP) is 2.86. The van der Waals surface area contributed by atoms with Gasteiger partial charge in [0.2, 0.25) is 0 Å². The Hall–Kier alpha value is -1.16. The summed E-state index contributed by atoms with van der Waals surface area (Å²) in [7, 11) is 0. The van der Waals surface area contributed by atoms with Crippen molar-refractivity contribution >= 4 is 23.4 Å². The smallest absolute Gasteiger partial charge is 0.337 e. The Bertz CT molecular complexity index is 379. The van der Waals surface area contributed by atoms with Gasteiger partial charge >= 0.3 is 5.97 Å². The zero-order valence-corrected chi connectivity index (χ0v) is 10.6. The molecule has 0 saturated heterocycles. The highest BCUT2D eigenvalue weighted by Crippen LogP contribution is 2.18. The van der Waals surface area contributed by atoms with Crippen LogP contribution in [0.15, 0.2) is 18.2 Å². The van der Waals surface area contributed by atoms with E-state index in [2.05, 4.69) is 12.2 Å². The Labute approximate surface area is 100 Å². The predicted molar refractivity (Wildman–Crippen MR) is 69.6 cm³/mol. The molecule has 2 N–H and O–H groups in total. The van der Waals surface area contributed by atoms with Crippen LogP contribution in [0.4, 0.5) is 5.69 Å². The standard InChI is InChI=1S/C12H17NO2S/c1-8-4-5-11(10(6-8)12(14)15)13-7-9(2)16-3/h4-6,9,13H,7H2,1-3H3,(H,14,15). The highest BCUT2D eigenvalue weighted by Gasteiger charge is 2.10. The molecule has 16 heavy (non-hydrogen) atoms. The molecule has 0 fully saturated rings. The van der Waals surface area contributed by atoms with Crippen LogP contribution in [0.2, 0.25) is 0 Å². The van der Waals surface area contributed by atoms with E-state index in [9.17, 15) is 4.79 Å². The molecule has 0 saturated carbocycles. The molecule has 0 heterocycles. The summed E-state index contributed by atoms with van der Waals surface area (Å²) in [5.74, 6) is -0.886. The first-order valence-corrected chi connectivity index (χ1v) is 6.44. The van der Waals surface area contributed by atoms with Crippen LogP contribution in [0, 0.1) is 6.92 Å². The minimum atomic E-state index is -0.886. The number of aromatic carboxylic acids is 1. The molecule has 0 aliphatic rings. The van der Waals surface area contributed by atoms with Crippen molar-refractivity contribution in [2.45, 2.75) is 19.1 Å². The maximum atomic E-state index is 11.0. The van der Waals surface area contributed by atoms with Crippen molar-refractivity contribution in [1.29, 1.82) is 0 Å². The van der Waals surface area contributed by atoms with E-state index in [0.29, 0.717) is 16.5 Å². The summed E-state index contributed by atoms with van der Waals surface area (Å²) in [6, 6.07) is 5.43. The fourth-order valence-electron chi connectivity index (χ4n) is 1.33. The van der Waals surface area contributed by atoms with Gasteiger partial charge in [-0.3, -0.25) is 0 Å². The SMILES string of the molecule is CSC(C)CNc1ccc(C)cc1C(=O)O. The highest BCUT2D eigenvalue weighted by molar-refractivity contribution is 7.99. The number of carboxylic acid groups (broad SMARTS) is 1. The van der Waals surface area contributed by atoms with Crippen LogP contribution < -0.4 is 5.32 Å². The minimum absolute atomic E-state index is 0.341. The molecule has 0 aliphatic carbocycles. The molecule has 0 bridgehead atoms. The summed E-state index contributed by atoms with van der Waals surface area (Å²) >= 11 is 1.75. The van der Waals surface area contributed by atoms with Crippen molar-refractivity contribution in [1.82, 2.24) is 0 Å². The molecular formula is C12H17NO2S. The third kappa shape index (κ3) is 3.45. The first-order chi connectivity index (χ1) is 7.54. The Morgan fingerprint density at radius 1 is 1.56 bits per heavy atom. The second-order valence-electron chi connectivity index (χ2n) is 3.78. The third-order valence-corrected chi connectivity index (χ3v) is 3.36. The zero-order valence-electron chi connectivity index (χ0n) is 9.78. The number of hydrogen-bond acceptors (Lipinski definition) is 3. The minimum Gasteiger partial charge on any atom is -0.478 e. The fraction of sp³-hybridized carbons (Fsp3) is 0.417. The number of thioether (sulfide) groups is 1. The molecule has 4 heteroatoms. The quantitative estimate of drug-likeness (QED) is 0.829. The van der Waals surface area contributed by atoms with Crippen LogP contribution in [0.3, 0.4) is 0 Å². The molecule has 1 aromatic rings. The van der Waals surface area contributed by atoms with Gasteiger partial charge in [-0.05, 0) is 25.3 Å². The molecule has 1 atom stereocenters. The lowest BCUT2D eigenvalue weighted by Gasteiger charge is -2.13. The van der Waals surface area contributed by atoms with Gasteiger partial charge in [-0.25, -0.2) is 4.79 Å². The van der Waals surface area contributed by atoms with Crippen molar-refractivity contribution in [2.75, 3.05) is 18.1 Å². The van der Waals surface area contributed by atoms with E-state index in [4.69, 9.17) is 5.11 Å². The summed E-state index contributed by atoms with van der Waals surface area (Å²) in [4.78, 5) is 11.0. The lowest BCUT2D eigenvalue weighted by Crippen LogP contribution is -2.15. The summed E-state index contributed by atoms with van der Waals surface area (Å²) in [5.41, 5.74) is 1.99. The van der Waals surface area contributed by atoms with Crippen LogP contribution in [-0.4, -0.2) is 29.1 Å². The van der Waals surface area contributed by atoms with Crippen molar-refractivity contribution in [3.8, 4) is 0 Å². The molecule has 1 aromatic carbocycles. The first-order valence-electron chi connectivity index (χ1n) is 5.15. The van der Waals surface area contributed by atoms with E-state index in [-0.39, 0.29) is 0 Å². The van der Waals surface area contributed by atoms with Crippen molar-refractivity contribution in [2.24, 2.45) is 0 Å². The van der Waals surface area contributed by atoms with Gasteiger partial charge in [0.1, 0.15) is 0 Å². The van der Waals surface area contributed by atoms with E-state index in [1.807, 2.05) is 25.3 Å². The Morgan fingerprint density at radius 3 is 2.81 bits per heavy atom. The molecule has 0 aromatic heterocycles. The summed E-state index contributed by atoms with van der Waals surface area (Å²) in [5, 5.41) is 12.7. The van der Waals surface area contributed by atoms with Gasteiger partial charge in [-0.2, -0.15) is 11.8 Å². The number of aryl methyl sites for hydroxylation is 1. The lowest BCUT2D eigenvalue weighted by atomic mass is 10.1. The van der Waals surface area contributed by atoms with Gasteiger partial charge in [-0.15, -0.1) is 0 Å². The van der Waals surface area contributed by atoms with Gasteiger partial charge in [0.15, 0.2) is 0 Å². The maximum absolute atomic E-state index is 11.0. The van der Waals surface area contributed by atoms with E-state index < -0.39 is 5.97 Å². The molecule has 3 nitrogen and oxygen atoms in total. The number of rotatable bonds is 5. The molecule has 0 spiro atoms. The van der Waals surface area contributed by atoms with E-state index >= 15 is 0 Å². The van der Waals surface area contributed by atoms with Crippen LogP contribution in [0.1, 0.15) is 22.8 Å². The van der Waals surface area contributed by atoms with Gasteiger partial charge in [0.25, 0.3) is 0 Å². The first kappa shape index (κ1) is 12.9. The van der Waals surface area contributed by atoms with Gasteiger partial charge < -0.3 is 10.4 Å². The summed E-state index contributed by atoms with van der Waals surface area (Å²) in [6.45, 7) is 4.76. The molecule has 1 unspecified atom stereocenters. The van der Waals surface area contributed by atoms with Crippen molar-refractivity contribution < 1.29 is 9.90 Å². The average molecular weight is 239 g/mol. The average Bonchev–Trinajstić information content (AvgIpc) is 2.26. The summed E-state index contributed by atoms with van der Waals surface area (Å²) < 4.78 is 0. The highest BCUT2D eigenvalue weighted by atomic mass is 32.2. The number of anilines is 1. The molecule has 0 amide bonds. The molecular weight excluding hydrogens is 222 g/mol. The second kappa shape index (κ2) is 5.80. The lowest BCUT2D eigenvalue weighted by molar-refractivity contribution is 0.0698. The number of hydrogen-bond donors (Lipinski definition) is 2. The van der Waals surface area contributed by atoms with Crippen molar-refractivity contribution in [3.63, 3.8) is 0 Å². The van der Waals surface area contributed by atoms with Gasteiger partial charge in [0.05, 0.1) is 5.56 Å². The second-order valence-corrected chi connectivity index (χ2v) is 5.06. The Kier molecular flexibility index (Phi) is 4.68. The van der Waals surface area contributed by atoms with E-state index in [0.717, 1.165) is 12.1 Å². The van der Waals surface area contributed by atoms with Crippen LogP contribution >= 0.6 is 11.8 Å². The van der Waals surface area contributed by atoms with Crippen LogP contribution in [-0.2, 0) is 0 Å². The van der Waals surface area contributed by atoms with Crippen LogP contribution in [0.5, 0.6) is 0 Å². The number of carbonyl (C=O) groups is 1. The van der Waals surface area contributed by atoms with E-state index in [1.54, 1.807) is 17.8 Å². The Balaban J connectivity index is 2.82. The topological polar surface area (TPSA) is 49.3 Å². The number of benzene rings is 1. The summed E-state index contributed by atoms with van der Waals surface area (Å²) in [6.07, 6.45) is 2.04. The molecule has 0 radical (unpaired) electrons. The van der Waals surface area contributed by atoms with Crippen LogP contribution in [0.25, 0.3) is 0 Å². The number of carboxylic acids is 1. The van der Waals surface area contributed by atoms with Gasteiger partial charge in [0, 0.05) is 17.5 Å². The molecule has 0 aliphatic heterocycles. The Morgan fingerprint density at radius 2 is 2.25 bits per heavy atom. The van der Waals surface area contributed by atoms with Crippen molar-refractivity contribution in [3.05, 3.63) is 29.3 Å². The van der Waals surface area contributed by atoms with E-state index in [1.165, 1.54) is 0 Å². The maximum Gasteiger partial charge on any atom is 0.337 e. The largest absolute Gasteiger partial charge is 0.478 e. The third-order valence-electron chi connectivity index (χ3n) is 2.39. The van der Waals surface area contributed by atoms with Gasteiger partial charge in [-0.1, -0.05) is 18.6 Å². The zero-order chi connectivity index (χ0) is 12.1. The molecule has 1 rings (SSSR count). The number of nitrogens with one attached hydrogen (secondary N) is 1. The fourth-order valence-corrected chi connectivity index (χ4v) is 1.58. The normalized spacial score (nSPS) is 12.2. The molecule has 88 valence electrons.